The van der Waals surface area contributed by atoms with E-state index in [1.807, 2.05) is 23.2 Å². The molecule has 0 aliphatic carbocycles. The molecule has 9 heteroatoms. The van der Waals surface area contributed by atoms with Crippen LogP contribution in [0, 0.1) is 12.7 Å². The minimum atomic E-state index is -0.283. The number of hydrogen-bond acceptors (Lipinski definition) is 6. The molecule has 0 saturated heterocycles. The molecular weight excluding hydrogens is 457 g/mol. The van der Waals surface area contributed by atoms with Crippen LogP contribution in [0.15, 0.2) is 42.0 Å². The molecule has 0 unspecified atom stereocenters. The standard InChI is InChI=1S/C24H26FN5OS2/c1-15-11-26-20(33-15)13-29(5)21(31)10-18-14-32-23(28-18)19-12-27-30(24(2,3)4)22(19)16-6-8-17(25)9-7-16/h6-9,11-12,14H,10,13H2,1-5H3. The number of carbonyl (C=O) groups is 1. The summed E-state index contributed by atoms with van der Waals surface area (Å²) in [5.41, 5.74) is 3.06. The lowest BCUT2D eigenvalue weighted by Gasteiger charge is -2.23. The van der Waals surface area contributed by atoms with Gasteiger partial charge < -0.3 is 4.90 Å². The lowest BCUT2D eigenvalue weighted by atomic mass is 10.0. The van der Waals surface area contributed by atoms with Crippen LogP contribution < -0.4 is 0 Å². The Hall–Kier alpha value is -2.91. The summed E-state index contributed by atoms with van der Waals surface area (Å²) in [7, 11) is 1.78. The largest absolute Gasteiger partial charge is 0.339 e. The molecule has 1 amide bonds. The van der Waals surface area contributed by atoms with Crippen molar-refractivity contribution in [1.82, 2.24) is 24.6 Å². The number of aryl methyl sites for hydroxylation is 1. The van der Waals surface area contributed by atoms with Crippen molar-refractivity contribution in [1.29, 1.82) is 0 Å². The minimum Gasteiger partial charge on any atom is -0.339 e. The molecule has 0 spiro atoms. The van der Waals surface area contributed by atoms with Gasteiger partial charge in [-0.05, 0) is 52.0 Å². The molecule has 0 atom stereocenters. The van der Waals surface area contributed by atoms with E-state index in [4.69, 9.17) is 4.98 Å². The van der Waals surface area contributed by atoms with Crippen molar-refractivity contribution in [3.63, 3.8) is 0 Å². The molecule has 172 valence electrons. The highest BCUT2D eigenvalue weighted by Gasteiger charge is 2.24. The molecule has 33 heavy (non-hydrogen) atoms. The lowest BCUT2D eigenvalue weighted by molar-refractivity contribution is -0.129. The van der Waals surface area contributed by atoms with Crippen LogP contribution >= 0.6 is 22.7 Å². The summed E-state index contributed by atoms with van der Waals surface area (Å²) < 4.78 is 15.5. The van der Waals surface area contributed by atoms with Crippen molar-refractivity contribution in [2.45, 2.75) is 46.2 Å². The summed E-state index contributed by atoms with van der Waals surface area (Å²) in [5, 5.41) is 8.23. The number of thiazole rings is 2. The van der Waals surface area contributed by atoms with Crippen molar-refractivity contribution in [2.75, 3.05) is 7.05 Å². The smallest absolute Gasteiger partial charge is 0.228 e. The van der Waals surface area contributed by atoms with Gasteiger partial charge in [-0.25, -0.2) is 14.4 Å². The molecule has 0 bridgehead atoms. The van der Waals surface area contributed by atoms with Crippen LogP contribution in [-0.2, 0) is 23.3 Å². The molecule has 1 aromatic carbocycles. The highest BCUT2D eigenvalue weighted by molar-refractivity contribution is 7.13. The Morgan fingerprint density at radius 2 is 1.91 bits per heavy atom. The molecule has 0 saturated carbocycles. The summed E-state index contributed by atoms with van der Waals surface area (Å²) in [6, 6.07) is 6.41. The average molecular weight is 484 g/mol. The van der Waals surface area contributed by atoms with E-state index in [1.165, 1.54) is 23.5 Å². The first kappa shape index (κ1) is 23.3. The van der Waals surface area contributed by atoms with E-state index in [0.29, 0.717) is 6.54 Å². The zero-order valence-electron chi connectivity index (χ0n) is 19.3. The van der Waals surface area contributed by atoms with Crippen molar-refractivity contribution in [2.24, 2.45) is 0 Å². The van der Waals surface area contributed by atoms with Crippen LogP contribution in [0.5, 0.6) is 0 Å². The highest BCUT2D eigenvalue weighted by atomic mass is 32.1. The fourth-order valence-electron chi connectivity index (χ4n) is 3.47. The van der Waals surface area contributed by atoms with E-state index in [9.17, 15) is 9.18 Å². The third-order valence-electron chi connectivity index (χ3n) is 5.10. The molecule has 0 radical (unpaired) electrons. The first-order chi connectivity index (χ1) is 15.6. The number of rotatable bonds is 6. The summed E-state index contributed by atoms with van der Waals surface area (Å²) >= 11 is 3.07. The second kappa shape index (κ2) is 9.15. The predicted molar refractivity (Wildman–Crippen MR) is 131 cm³/mol. The predicted octanol–water partition coefficient (Wildman–Crippen LogP) is 5.53. The maximum atomic E-state index is 13.5. The minimum absolute atomic E-state index is 0.0103. The number of halogens is 1. The van der Waals surface area contributed by atoms with Crippen molar-refractivity contribution >= 4 is 28.6 Å². The van der Waals surface area contributed by atoms with Crippen LogP contribution in [0.3, 0.4) is 0 Å². The maximum Gasteiger partial charge on any atom is 0.228 e. The summed E-state index contributed by atoms with van der Waals surface area (Å²) in [4.78, 5) is 24.6. The van der Waals surface area contributed by atoms with Crippen molar-refractivity contribution in [3.8, 4) is 21.8 Å². The van der Waals surface area contributed by atoms with Crippen LogP contribution in [0.1, 0.15) is 36.3 Å². The summed E-state index contributed by atoms with van der Waals surface area (Å²) in [6.45, 7) is 8.71. The van der Waals surface area contributed by atoms with Gasteiger partial charge in [0.25, 0.3) is 0 Å². The lowest BCUT2D eigenvalue weighted by Crippen LogP contribution is -2.27. The molecule has 6 nitrogen and oxygen atoms in total. The van der Waals surface area contributed by atoms with E-state index >= 15 is 0 Å². The molecule has 4 rings (SSSR count). The van der Waals surface area contributed by atoms with Gasteiger partial charge >= 0.3 is 0 Å². The quantitative estimate of drug-likeness (QED) is 0.362. The van der Waals surface area contributed by atoms with Gasteiger partial charge in [0.15, 0.2) is 0 Å². The number of benzene rings is 1. The number of amides is 1. The van der Waals surface area contributed by atoms with Gasteiger partial charge in [0.2, 0.25) is 5.91 Å². The molecule has 3 heterocycles. The number of hydrogen-bond donors (Lipinski definition) is 0. The number of carbonyl (C=O) groups excluding carboxylic acids is 1. The van der Waals surface area contributed by atoms with Gasteiger partial charge in [-0.15, -0.1) is 22.7 Å². The Labute approximate surface area is 200 Å². The van der Waals surface area contributed by atoms with Gasteiger partial charge in [-0.3, -0.25) is 9.48 Å². The van der Waals surface area contributed by atoms with Crippen LogP contribution in [-0.4, -0.2) is 37.6 Å². The molecule has 4 aromatic rings. The van der Waals surface area contributed by atoms with Crippen molar-refractivity contribution < 1.29 is 9.18 Å². The molecular formula is C24H26FN5OS2. The third kappa shape index (κ3) is 5.20. The Morgan fingerprint density at radius 1 is 1.18 bits per heavy atom. The summed E-state index contributed by atoms with van der Waals surface area (Å²) in [6.07, 6.45) is 3.84. The van der Waals surface area contributed by atoms with Crippen LogP contribution in [0.2, 0.25) is 0 Å². The fraction of sp³-hybridized carbons (Fsp3) is 0.333. The van der Waals surface area contributed by atoms with Gasteiger partial charge in [0.1, 0.15) is 15.8 Å². The first-order valence-electron chi connectivity index (χ1n) is 10.6. The molecule has 0 fully saturated rings. The van der Waals surface area contributed by atoms with Crippen LogP contribution in [0.25, 0.3) is 21.8 Å². The maximum absolute atomic E-state index is 13.5. The molecule has 3 aromatic heterocycles. The number of nitrogens with zero attached hydrogens (tertiary/aromatic N) is 5. The second-order valence-corrected chi connectivity index (χ2v) is 11.1. The summed E-state index contributed by atoms with van der Waals surface area (Å²) in [5.74, 6) is -0.293. The number of aromatic nitrogens is 4. The van der Waals surface area contributed by atoms with E-state index in [1.54, 1.807) is 41.6 Å². The molecule has 0 aliphatic heterocycles. The van der Waals surface area contributed by atoms with E-state index in [-0.39, 0.29) is 23.7 Å². The Balaban J connectivity index is 1.58. The van der Waals surface area contributed by atoms with Gasteiger partial charge in [-0.1, -0.05) is 0 Å². The molecule has 0 N–H and O–H groups in total. The monoisotopic (exact) mass is 483 g/mol. The van der Waals surface area contributed by atoms with E-state index in [0.717, 1.165) is 37.4 Å². The highest BCUT2D eigenvalue weighted by Crippen LogP contribution is 2.36. The normalized spacial score (nSPS) is 11.7. The zero-order chi connectivity index (χ0) is 23.8. The van der Waals surface area contributed by atoms with Gasteiger partial charge in [-0.2, -0.15) is 5.10 Å². The van der Waals surface area contributed by atoms with E-state index < -0.39 is 0 Å². The molecule has 0 aliphatic rings. The van der Waals surface area contributed by atoms with Crippen molar-refractivity contribution in [3.05, 3.63) is 63.4 Å². The third-order valence-corrected chi connectivity index (χ3v) is 6.93. The Morgan fingerprint density at radius 3 is 2.55 bits per heavy atom. The second-order valence-electron chi connectivity index (χ2n) is 8.93. The Bertz CT molecular complexity index is 1270. The SMILES string of the molecule is Cc1cnc(CN(C)C(=O)Cc2csc(-c3cnn(C(C)(C)C)c3-c3ccc(F)cc3)n2)s1. The van der Waals surface area contributed by atoms with E-state index in [2.05, 4.69) is 30.9 Å². The van der Waals surface area contributed by atoms with Gasteiger partial charge in [0, 0.05) is 29.1 Å². The topological polar surface area (TPSA) is 63.9 Å². The Kier molecular flexibility index (Phi) is 6.45. The van der Waals surface area contributed by atoms with Gasteiger partial charge in [0.05, 0.1) is 41.7 Å². The first-order valence-corrected chi connectivity index (χ1v) is 12.3. The van der Waals surface area contributed by atoms with Crippen LogP contribution in [0.4, 0.5) is 4.39 Å². The zero-order valence-corrected chi connectivity index (χ0v) is 20.9. The average Bonchev–Trinajstić information content (AvgIpc) is 3.47. The fourth-order valence-corrected chi connectivity index (χ4v) is 5.14. The number of likely N-dealkylation sites (N-methyl/N-ethyl adjacent to an activating group) is 1.